The number of aryl methyl sites for hydroxylation is 1. The van der Waals surface area contributed by atoms with Crippen LogP contribution in [0.5, 0.6) is 0 Å². The fourth-order valence-corrected chi connectivity index (χ4v) is 2.86. The van der Waals surface area contributed by atoms with Crippen LogP contribution in [0.3, 0.4) is 0 Å². The number of carbonyl (C=O) groups is 1. The Bertz CT molecular complexity index is 712. The summed E-state index contributed by atoms with van der Waals surface area (Å²) in [4.78, 5) is 23.9. The molecule has 3 rings (SSSR count). The summed E-state index contributed by atoms with van der Waals surface area (Å²) < 4.78 is 12.2. The molecule has 0 spiro atoms. The van der Waals surface area contributed by atoms with Gasteiger partial charge in [0.2, 0.25) is 5.91 Å². The van der Waals surface area contributed by atoms with Gasteiger partial charge in [-0.1, -0.05) is 12.1 Å². The number of fused-ring (bicyclic) bond motifs is 1. The summed E-state index contributed by atoms with van der Waals surface area (Å²) in [5.74, 6) is -0.513. The summed E-state index contributed by atoms with van der Waals surface area (Å²) in [6.45, 7) is 3.02. The highest BCUT2D eigenvalue weighted by Gasteiger charge is 2.23. The zero-order valence-corrected chi connectivity index (χ0v) is 12.6. The minimum atomic E-state index is -0.429. The van der Waals surface area contributed by atoms with E-state index in [9.17, 15) is 9.59 Å². The number of hydrogen-bond acceptors (Lipinski definition) is 4. The predicted molar refractivity (Wildman–Crippen MR) is 81.7 cm³/mol. The Labute approximate surface area is 128 Å². The highest BCUT2D eigenvalue weighted by molar-refractivity contribution is 5.77. The molecule has 1 N–H and O–H groups in total. The van der Waals surface area contributed by atoms with Gasteiger partial charge in [0.05, 0.1) is 17.7 Å². The van der Waals surface area contributed by atoms with Crippen LogP contribution in [0.25, 0.3) is 11.1 Å². The lowest BCUT2D eigenvalue weighted by molar-refractivity contribution is -0.122. The normalized spacial score (nSPS) is 19.4. The number of nitrogens with zero attached hydrogens (tertiary/aromatic N) is 1. The first kappa shape index (κ1) is 14.8. The number of oxazole rings is 1. The third-order valence-electron chi connectivity index (χ3n) is 4.05. The van der Waals surface area contributed by atoms with E-state index in [0.717, 1.165) is 19.4 Å². The molecular formula is C16H20N2O4. The first-order valence-electron chi connectivity index (χ1n) is 7.64. The summed E-state index contributed by atoms with van der Waals surface area (Å²) in [5, 5.41) is 2.94. The van der Waals surface area contributed by atoms with Crippen molar-refractivity contribution in [3.63, 3.8) is 0 Å². The van der Waals surface area contributed by atoms with Crippen LogP contribution in [0.2, 0.25) is 0 Å². The molecule has 1 aromatic heterocycles. The first-order valence-corrected chi connectivity index (χ1v) is 7.64. The van der Waals surface area contributed by atoms with Crippen LogP contribution < -0.4 is 11.1 Å². The highest BCUT2D eigenvalue weighted by atomic mass is 16.5. The second-order valence-electron chi connectivity index (χ2n) is 5.64. The van der Waals surface area contributed by atoms with Gasteiger partial charge < -0.3 is 14.5 Å². The van der Waals surface area contributed by atoms with Crippen LogP contribution in [-0.4, -0.2) is 29.2 Å². The third-order valence-corrected chi connectivity index (χ3v) is 4.05. The molecule has 1 aliphatic heterocycles. The van der Waals surface area contributed by atoms with Crippen LogP contribution in [0.4, 0.5) is 0 Å². The van der Waals surface area contributed by atoms with Gasteiger partial charge in [0.25, 0.3) is 0 Å². The Hall–Kier alpha value is -2.08. The van der Waals surface area contributed by atoms with Crippen molar-refractivity contribution in [1.82, 2.24) is 9.88 Å². The Morgan fingerprint density at radius 3 is 3.05 bits per heavy atom. The van der Waals surface area contributed by atoms with Gasteiger partial charge in [0.15, 0.2) is 5.58 Å². The maximum absolute atomic E-state index is 12.0. The van der Waals surface area contributed by atoms with Crippen molar-refractivity contribution in [2.45, 2.75) is 44.9 Å². The monoisotopic (exact) mass is 304 g/mol. The molecule has 1 amide bonds. The average molecular weight is 304 g/mol. The summed E-state index contributed by atoms with van der Waals surface area (Å²) in [6, 6.07) is 7.20. The molecule has 0 aliphatic carbocycles. The van der Waals surface area contributed by atoms with E-state index in [1.54, 1.807) is 6.07 Å². The van der Waals surface area contributed by atoms with E-state index in [4.69, 9.17) is 9.15 Å². The molecule has 1 aliphatic rings. The van der Waals surface area contributed by atoms with Crippen molar-refractivity contribution in [1.29, 1.82) is 0 Å². The quantitative estimate of drug-likeness (QED) is 0.912. The van der Waals surface area contributed by atoms with Gasteiger partial charge in [-0.3, -0.25) is 9.36 Å². The molecule has 0 saturated carbocycles. The molecule has 1 saturated heterocycles. The molecule has 2 atom stereocenters. The second-order valence-corrected chi connectivity index (χ2v) is 5.64. The van der Waals surface area contributed by atoms with E-state index in [2.05, 4.69) is 5.32 Å². The van der Waals surface area contributed by atoms with E-state index < -0.39 is 5.76 Å². The van der Waals surface area contributed by atoms with E-state index >= 15 is 0 Å². The molecule has 6 heteroatoms. The van der Waals surface area contributed by atoms with Crippen molar-refractivity contribution in [3.05, 3.63) is 34.8 Å². The number of aromatic nitrogens is 1. The van der Waals surface area contributed by atoms with Gasteiger partial charge in [-0.25, -0.2) is 4.79 Å². The van der Waals surface area contributed by atoms with Crippen LogP contribution in [-0.2, 0) is 16.1 Å². The van der Waals surface area contributed by atoms with Gasteiger partial charge in [-0.05, 0) is 31.9 Å². The number of benzene rings is 1. The van der Waals surface area contributed by atoms with Crippen LogP contribution in [0, 0.1) is 0 Å². The van der Waals surface area contributed by atoms with Crippen molar-refractivity contribution in [2.75, 3.05) is 6.61 Å². The number of para-hydroxylation sites is 2. The summed E-state index contributed by atoms with van der Waals surface area (Å²) in [5.41, 5.74) is 1.26. The standard InChI is InChI=1S/C16H20N2O4/c1-11(13-7-4-10-21-13)17-15(19)8-9-18-12-5-2-3-6-14(12)22-16(18)20/h2-3,5-6,11,13H,4,7-10H2,1H3,(H,17,19)/t11-,13-/m0/s1. The van der Waals surface area contributed by atoms with E-state index in [0.29, 0.717) is 17.6 Å². The second kappa shape index (κ2) is 6.36. The number of nitrogens with one attached hydrogen (secondary N) is 1. The van der Waals surface area contributed by atoms with Crippen LogP contribution in [0.15, 0.2) is 33.5 Å². The lowest BCUT2D eigenvalue weighted by atomic mass is 10.1. The van der Waals surface area contributed by atoms with E-state index in [1.165, 1.54) is 4.57 Å². The smallest absolute Gasteiger partial charge is 0.408 e. The maximum Gasteiger partial charge on any atom is 0.419 e. The zero-order chi connectivity index (χ0) is 15.5. The number of amides is 1. The molecule has 1 fully saturated rings. The lowest BCUT2D eigenvalue weighted by Crippen LogP contribution is -2.41. The Kier molecular flexibility index (Phi) is 4.29. The minimum absolute atomic E-state index is 0.00665. The van der Waals surface area contributed by atoms with E-state index in [-0.39, 0.29) is 24.5 Å². The van der Waals surface area contributed by atoms with Crippen LogP contribution >= 0.6 is 0 Å². The van der Waals surface area contributed by atoms with Crippen LogP contribution in [0.1, 0.15) is 26.2 Å². The fourth-order valence-electron chi connectivity index (χ4n) is 2.86. The van der Waals surface area contributed by atoms with Crippen molar-refractivity contribution >= 4 is 17.0 Å². The van der Waals surface area contributed by atoms with Crippen molar-refractivity contribution in [2.24, 2.45) is 0 Å². The van der Waals surface area contributed by atoms with Gasteiger partial charge in [-0.2, -0.15) is 0 Å². The van der Waals surface area contributed by atoms with Gasteiger partial charge in [0.1, 0.15) is 0 Å². The summed E-state index contributed by atoms with van der Waals surface area (Å²) in [7, 11) is 0. The molecule has 0 bridgehead atoms. The lowest BCUT2D eigenvalue weighted by Gasteiger charge is -2.19. The number of hydrogen-bond donors (Lipinski definition) is 1. The van der Waals surface area contributed by atoms with Gasteiger partial charge in [0, 0.05) is 19.6 Å². The van der Waals surface area contributed by atoms with Crippen molar-refractivity contribution < 1.29 is 13.9 Å². The topological polar surface area (TPSA) is 73.5 Å². The molecule has 2 aromatic rings. The van der Waals surface area contributed by atoms with Gasteiger partial charge in [-0.15, -0.1) is 0 Å². The Balaban J connectivity index is 1.60. The average Bonchev–Trinajstić information content (AvgIpc) is 3.12. The molecule has 2 heterocycles. The van der Waals surface area contributed by atoms with Gasteiger partial charge >= 0.3 is 5.76 Å². The SMILES string of the molecule is C[C@H](NC(=O)CCn1c(=O)oc2ccccc21)[C@@H]1CCCO1. The highest BCUT2D eigenvalue weighted by Crippen LogP contribution is 2.15. The first-order chi connectivity index (χ1) is 10.6. The number of rotatable bonds is 5. The summed E-state index contributed by atoms with van der Waals surface area (Å²) in [6.07, 6.45) is 2.36. The largest absolute Gasteiger partial charge is 0.419 e. The minimum Gasteiger partial charge on any atom is -0.408 e. The zero-order valence-electron chi connectivity index (χ0n) is 12.6. The fraction of sp³-hybridized carbons (Fsp3) is 0.500. The summed E-state index contributed by atoms with van der Waals surface area (Å²) >= 11 is 0. The number of carbonyl (C=O) groups excluding carboxylic acids is 1. The molecular weight excluding hydrogens is 284 g/mol. The molecule has 0 radical (unpaired) electrons. The molecule has 118 valence electrons. The molecule has 6 nitrogen and oxygen atoms in total. The number of ether oxygens (including phenoxy) is 1. The maximum atomic E-state index is 12.0. The molecule has 0 unspecified atom stereocenters. The molecule has 1 aromatic carbocycles. The third kappa shape index (κ3) is 3.06. The van der Waals surface area contributed by atoms with Crippen molar-refractivity contribution in [3.8, 4) is 0 Å². The molecule has 22 heavy (non-hydrogen) atoms. The Morgan fingerprint density at radius 2 is 2.27 bits per heavy atom. The predicted octanol–water partition coefficient (Wildman–Crippen LogP) is 1.67. The van der Waals surface area contributed by atoms with E-state index in [1.807, 2.05) is 25.1 Å². The Morgan fingerprint density at radius 1 is 1.45 bits per heavy atom.